The summed E-state index contributed by atoms with van der Waals surface area (Å²) < 4.78 is 0. The summed E-state index contributed by atoms with van der Waals surface area (Å²) in [6.07, 6.45) is 17.7. The van der Waals surface area contributed by atoms with Crippen LogP contribution in [0.25, 0.3) is 0 Å². The highest BCUT2D eigenvalue weighted by molar-refractivity contribution is 5.79. The number of hydrogen-bond donors (Lipinski definition) is 2. The topological polar surface area (TPSA) is 49.9 Å². The number of rotatable bonds is 14. The molecule has 0 saturated heterocycles. The largest absolute Gasteiger partial charge is 0.387 e. The highest BCUT2D eigenvalue weighted by Crippen LogP contribution is 2.14. The zero-order valence-corrected chi connectivity index (χ0v) is 13.3. The molecule has 0 heterocycles. The second-order valence-corrected chi connectivity index (χ2v) is 6.03. The molecule has 0 saturated carbocycles. The third-order valence-electron chi connectivity index (χ3n) is 4.02. The van der Waals surface area contributed by atoms with Crippen molar-refractivity contribution in [2.45, 2.75) is 97.3 Å². The van der Waals surface area contributed by atoms with E-state index in [0.717, 1.165) is 6.42 Å². The molecule has 0 aliphatic heterocycles. The van der Waals surface area contributed by atoms with E-state index in [1.807, 2.05) is 0 Å². The first-order valence-corrected chi connectivity index (χ1v) is 8.52. The Hall–Kier alpha value is -0.530. The molecule has 0 radical (unpaired) electrons. The average molecular weight is 268 g/mol. The summed E-state index contributed by atoms with van der Waals surface area (Å²) in [4.78, 5) is 0. The lowest BCUT2D eigenvalue weighted by Crippen LogP contribution is -2.19. The van der Waals surface area contributed by atoms with Gasteiger partial charge in [0, 0.05) is 5.92 Å². The first-order chi connectivity index (χ1) is 9.18. The van der Waals surface area contributed by atoms with Crippen LogP contribution in [0, 0.1) is 11.3 Å². The molecule has 0 aromatic rings. The van der Waals surface area contributed by atoms with Crippen LogP contribution in [0.3, 0.4) is 0 Å². The molecule has 0 aliphatic carbocycles. The first-order valence-electron chi connectivity index (χ1n) is 8.52. The third kappa shape index (κ3) is 13.7. The van der Waals surface area contributed by atoms with Gasteiger partial charge in [0.05, 0.1) is 5.84 Å². The molecule has 0 rings (SSSR count). The van der Waals surface area contributed by atoms with Gasteiger partial charge in [-0.2, -0.15) is 0 Å². The summed E-state index contributed by atoms with van der Waals surface area (Å²) in [5, 5.41) is 7.33. The molecule has 0 bridgehead atoms. The molecule has 0 spiro atoms. The van der Waals surface area contributed by atoms with Crippen molar-refractivity contribution in [2.24, 2.45) is 11.7 Å². The fraction of sp³-hybridized carbons (Fsp3) is 0.941. The van der Waals surface area contributed by atoms with Crippen molar-refractivity contribution in [3.8, 4) is 0 Å². The Morgan fingerprint density at radius 2 is 1.16 bits per heavy atom. The molecule has 0 aromatic carbocycles. The summed E-state index contributed by atoms with van der Waals surface area (Å²) in [6.45, 7) is 4.33. The van der Waals surface area contributed by atoms with Crippen LogP contribution in [-0.4, -0.2) is 5.84 Å². The predicted molar refractivity (Wildman–Crippen MR) is 86.8 cm³/mol. The van der Waals surface area contributed by atoms with Gasteiger partial charge in [-0.15, -0.1) is 0 Å². The third-order valence-corrected chi connectivity index (χ3v) is 4.02. The fourth-order valence-corrected chi connectivity index (χ4v) is 2.45. The van der Waals surface area contributed by atoms with Crippen molar-refractivity contribution in [2.75, 3.05) is 0 Å². The highest BCUT2D eigenvalue weighted by Gasteiger charge is 2.03. The van der Waals surface area contributed by atoms with E-state index in [0.29, 0.717) is 5.84 Å². The Labute approximate surface area is 121 Å². The molecule has 114 valence electrons. The van der Waals surface area contributed by atoms with Gasteiger partial charge in [0.1, 0.15) is 0 Å². The monoisotopic (exact) mass is 268 g/mol. The van der Waals surface area contributed by atoms with Crippen LogP contribution in [-0.2, 0) is 0 Å². The van der Waals surface area contributed by atoms with Gasteiger partial charge in [0.25, 0.3) is 0 Å². The van der Waals surface area contributed by atoms with Crippen LogP contribution in [0.1, 0.15) is 97.3 Å². The summed E-state index contributed by atoms with van der Waals surface area (Å²) in [7, 11) is 0. The van der Waals surface area contributed by atoms with Crippen molar-refractivity contribution in [1.82, 2.24) is 0 Å². The van der Waals surface area contributed by atoms with E-state index < -0.39 is 0 Å². The molecule has 0 aromatic heterocycles. The molecule has 2 nitrogen and oxygen atoms in total. The molecule has 2 heteroatoms. The van der Waals surface area contributed by atoms with Crippen LogP contribution in [0.4, 0.5) is 0 Å². The van der Waals surface area contributed by atoms with Crippen molar-refractivity contribution >= 4 is 5.84 Å². The van der Waals surface area contributed by atoms with Crippen molar-refractivity contribution < 1.29 is 0 Å². The van der Waals surface area contributed by atoms with Crippen LogP contribution in [0.5, 0.6) is 0 Å². The minimum absolute atomic E-state index is 0.281. The quantitative estimate of drug-likeness (QED) is 0.239. The molecule has 3 N–H and O–H groups in total. The molecule has 0 fully saturated rings. The number of nitrogens with one attached hydrogen (secondary N) is 1. The summed E-state index contributed by atoms with van der Waals surface area (Å²) in [6, 6.07) is 0. The van der Waals surface area contributed by atoms with Gasteiger partial charge in [-0.05, 0) is 6.42 Å². The predicted octanol–water partition coefficient (Wildman–Crippen LogP) is 5.65. The molecule has 1 atom stereocenters. The number of amidine groups is 1. The van der Waals surface area contributed by atoms with Crippen LogP contribution in [0.2, 0.25) is 0 Å². The SMILES string of the molecule is CCCCCCCCCCCCCCC(C)C(=N)N. The van der Waals surface area contributed by atoms with Crippen molar-refractivity contribution in [3.63, 3.8) is 0 Å². The lowest BCUT2D eigenvalue weighted by molar-refractivity contribution is 0.527. The maximum Gasteiger partial charge on any atom is 0.0934 e. The summed E-state index contributed by atoms with van der Waals surface area (Å²) in [5.74, 6) is 0.631. The molecule has 19 heavy (non-hydrogen) atoms. The maximum atomic E-state index is 7.33. The van der Waals surface area contributed by atoms with E-state index >= 15 is 0 Å². The Balaban J connectivity index is 3.05. The standard InChI is InChI=1S/C17H36N2/c1-3-4-5-6-7-8-9-10-11-12-13-14-15-16(2)17(18)19/h16H,3-15H2,1-2H3,(H3,18,19). The fourth-order valence-electron chi connectivity index (χ4n) is 2.45. The Kier molecular flexibility index (Phi) is 13.5. The number of nitrogens with two attached hydrogens (primary N) is 1. The highest BCUT2D eigenvalue weighted by atomic mass is 14.7. The van der Waals surface area contributed by atoms with E-state index in [9.17, 15) is 0 Å². The van der Waals surface area contributed by atoms with Crippen molar-refractivity contribution in [1.29, 1.82) is 5.41 Å². The number of hydrogen-bond acceptors (Lipinski definition) is 1. The molecule has 1 unspecified atom stereocenters. The van der Waals surface area contributed by atoms with Gasteiger partial charge in [-0.1, -0.05) is 90.9 Å². The van der Waals surface area contributed by atoms with Crippen LogP contribution < -0.4 is 5.73 Å². The minimum atomic E-state index is 0.281. The van der Waals surface area contributed by atoms with Gasteiger partial charge in [0.15, 0.2) is 0 Å². The second kappa shape index (κ2) is 13.9. The Morgan fingerprint density at radius 1 is 0.789 bits per heavy atom. The first kappa shape index (κ1) is 18.5. The van der Waals surface area contributed by atoms with E-state index in [1.165, 1.54) is 77.0 Å². The lowest BCUT2D eigenvalue weighted by Gasteiger charge is -2.08. The molecule has 0 aliphatic rings. The Bertz CT molecular complexity index is 201. The van der Waals surface area contributed by atoms with E-state index in [2.05, 4.69) is 13.8 Å². The van der Waals surface area contributed by atoms with E-state index in [4.69, 9.17) is 11.1 Å². The second-order valence-electron chi connectivity index (χ2n) is 6.03. The van der Waals surface area contributed by atoms with E-state index in [1.54, 1.807) is 0 Å². The number of unbranched alkanes of at least 4 members (excludes halogenated alkanes) is 11. The minimum Gasteiger partial charge on any atom is -0.387 e. The maximum absolute atomic E-state index is 7.33. The summed E-state index contributed by atoms with van der Waals surface area (Å²) in [5.41, 5.74) is 5.46. The van der Waals surface area contributed by atoms with Crippen molar-refractivity contribution in [3.05, 3.63) is 0 Å². The van der Waals surface area contributed by atoms with Crippen LogP contribution >= 0.6 is 0 Å². The van der Waals surface area contributed by atoms with Gasteiger partial charge < -0.3 is 5.73 Å². The van der Waals surface area contributed by atoms with Gasteiger partial charge in [-0.25, -0.2) is 0 Å². The van der Waals surface area contributed by atoms with E-state index in [-0.39, 0.29) is 5.92 Å². The Morgan fingerprint density at radius 3 is 1.53 bits per heavy atom. The van der Waals surface area contributed by atoms with Gasteiger partial charge >= 0.3 is 0 Å². The normalized spacial score (nSPS) is 12.5. The molecular weight excluding hydrogens is 232 g/mol. The van der Waals surface area contributed by atoms with Gasteiger partial charge in [-0.3, -0.25) is 5.41 Å². The smallest absolute Gasteiger partial charge is 0.0934 e. The average Bonchev–Trinajstić information content (AvgIpc) is 2.39. The molecule has 0 amide bonds. The zero-order valence-electron chi connectivity index (χ0n) is 13.3. The zero-order chi connectivity index (χ0) is 14.3. The van der Waals surface area contributed by atoms with Crippen LogP contribution in [0.15, 0.2) is 0 Å². The molecular formula is C17H36N2. The summed E-state index contributed by atoms with van der Waals surface area (Å²) >= 11 is 0. The van der Waals surface area contributed by atoms with Gasteiger partial charge in [0.2, 0.25) is 0 Å². The lowest BCUT2D eigenvalue weighted by atomic mass is 10.0.